The molecule has 1 atom stereocenters. The van der Waals surface area contributed by atoms with Gasteiger partial charge < -0.3 is 9.64 Å². The summed E-state index contributed by atoms with van der Waals surface area (Å²) in [4.78, 5) is 11.7. The molecule has 1 unspecified atom stereocenters. The highest BCUT2D eigenvalue weighted by Crippen LogP contribution is 2.34. The topological polar surface area (TPSA) is 37.7 Å². The number of hydrogen-bond donors (Lipinski definition) is 0. The number of aromatic nitrogens is 1. The quantitative estimate of drug-likeness (QED) is 0.844. The number of aliphatic imine (C=N–C) groups is 1. The lowest BCUT2D eigenvalue weighted by Crippen LogP contribution is -2.37. The number of hydrogen-bond acceptors (Lipinski definition) is 4. The van der Waals surface area contributed by atoms with Crippen molar-refractivity contribution < 1.29 is 4.74 Å². The van der Waals surface area contributed by atoms with Crippen LogP contribution in [0.25, 0.3) is 10.9 Å². The average molecular weight is 327 g/mol. The average Bonchev–Trinajstić information content (AvgIpc) is 3.06. The summed E-state index contributed by atoms with van der Waals surface area (Å²) in [5, 5.41) is 3.36. The third kappa shape index (κ3) is 2.83. The van der Waals surface area contributed by atoms with E-state index < -0.39 is 0 Å². The Kier molecular flexibility index (Phi) is 3.99. The molecule has 23 heavy (non-hydrogen) atoms. The molecule has 2 aliphatic heterocycles. The van der Waals surface area contributed by atoms with Gasteiger partial charge in [-0.15, -0.1) is 0 Å². The predicted molar refractivity (Wildman–Crippen MR) is 95.1 cm³/mol. The van der Waals surface area contributed by atoms with Crippen molar-refractivity contribution in [3.8, 4) is 0 Å². The maximum Gasteiger partial charge on any atom is 0.165 e. The highest BCUT2D eigenvalue weighted by Gasteiger charge is 2.27. The highest BCUT2D eigenvalue weighted by molar-refractivity contribution is 8.13. The minimum Gasteiger partial charge on any atom is -0.376 e. The van der Waals surface area contributed by atoms with Gasteiger partial charge in [-0.3, -0.25) is 4.99 Å². The molecule has 1 aromatic carbocycles. The first-order chi connectivity index (χ1) is 11.2. The van der Waals surface area contributed by atoms with Crippen molar-refractivity contribution in [2.75, 3.05) is 20.2 Å². The summed E-state index contributed by atoms with van der Waals surface area (Å²) < 4.78 is 5.80. The fourth-order valence-corrected chi connectivity index (χ4v) is 4.29. The first-order valence-corrected chi connectivity index (χ1v) is 8.96. The standard InChI is InChI=1S/C18H21N3OS/c1-12-5-3-6-13-9-14-10-21(11-15-7-4-8-22-15)18(19-2)23-17(14)20-16(12)13/h3,5-6,9,15H,4,7-8,10-11H2,1-2H3. The zero-order valence-electron chi connectivity index (χ0n) is 13.6. The molecule has 3 heterocycles. The van der Waals surface area contributed by atoms with E-state index in [4.69, 9.17) is 9.72 Å². The number of ether oxygens (including phenoxy) is 1. The van der Waals surface area contributed by atoms with Gasteiger partial charge in [0, 0.05) is 37.7 Å². The van der Waals surface area contributed by atoms with Crippen molar-refractivity contribution in [2.45, 2.75) is 37.4 Å². The summed E-state index contributed by atoms with van der Waals surface area (Å²) in [6.45, 7) is 4.80. The normalized spacial score (nSPS) is 22.8. The summed E-state index contributed by atoms with van der Waals surface area (Å²) in [5.41, 5.74) is 3.61. The van der Waals surface area contributed by atoms with Gasteiger partial charge >= 0.3 is 0 Å². The predicted octanol–water partition coefficient (Wildman–Crippen LogP) is 3.62. The van der Waals surface area contributed by atoms with E-state index in [1.807, 2.05) is 7.05 Å². The first kappa shape index (κ1) is 15.0. The summed E-state index contributed by atoms with van der Waals surface area (Å²) in [6.07, 6.45) is 2.66. The van der Waals surface area contributed by atoms with Gasteiger partial charge in [0.2, 0.25) is 0 Å². The molecule has 0 saturated carbocycles. The van der Waals surface area contributed by atoms with Crippen molar-refractivity contribution in [1.29, 1.82) is 0 Å². The Balaban J connectivity index is 1.68. The molecule has 1 fully saturated rings. The van der Waals surface area contributed by atoms with E-state index in [0.717, 1.165) is 41.8 Å². The second-order valence-electron chi connectivity index (χ2n) is 6.22. The van der Waals surface area contributed by atoms with Crippen LogP contribution in [-0.2, 0) is 11.3 Å². The molecule has 0 bridgehead atoms. The molecule has 0 spiro atoms. The monoisotopic (exact) mass is 327 g/mol. The number of benzene rings is 1. The van der Waals surface area contributed by atoms with Gasteiger partial charge in [0.05, 0.1) is 11.6 Å². The van der Waals surface area contributed by atoms with Gasteiger partial charge in [0.1, 0.15) is 5.03 Å². The van der Waals surface area contributed by atoms with E-state index in [0.29, 0.717) is 6.10 Å². The van der Waals surface area contributed by atoms with Gasteiger partial charge in [0.15, 0.2) is 5.17 Å². The first-order valence-electron chi connectivity index (χ1n) is 8.15. The van der Waals surface area contributed by atoms with Crippen LogP contribution in [0.1, 0.15) is 24.0 Å². The zero-order valence-corrected chi connectivity index (χ0v) is 14.4. The molecule has 1 saturated heterocycles. The molecule has 0 amide bonds. The maximum absolute atomic E-state index is 5.80. The van der Waals surface area contributed by atoms with Crippen LogP contribution in [-0.4, -0.2) is 41.4 Å². The van der Waals surface area contributed by atoms with Crippen LogP contribution in [0, 0.1) is 6.92 Å². The van der Waals surface area contributed by atoms with Crippen molar-refractivity contribution in [3.05, 3.63) is 35.4 Å². The Hall–Kier alpha value is -1.59. The van der Waals surface area contributed by atoms with E-state index in [9.17, 15) is 0 Å². The van der Waals surface area contributed by atoms with Crippen LogP contribution in [0.2, 0.25) is 0 Å². The maximum atomic E-state index is 5.80. The van der Waals surface area contributed by atoms with Crippen LogP contribution in [0.4, 0.5) is 0 Å². The van der Waals surface area contributed by atoms with Crippen LogP contribution in [0.5, 0.6) is 0 Å². The fraction of sp³-hybridized carbons (Fsp3) is 0.444. The largest absolute Gasteiger partial charge is 0.376 e. The second-order valence-corrected chi connectivity index (χ2v) is 7.18. The number of rotatable bonds is 2. The molecule has 0 aliphatic carbocycles. The van der Waals surface area contributed by atoms with E-state index in [2.05, 4.69) is 41.1 Å². The fourth-order valence-electron chi connectivity index (χ4n) is 3.36. The minimum absolute atomic E-state index is 0.338. The smallest absolute Gasteiger partial charge is 0.165 e. The van der Waals surface area contributed by atoms with Gasteiger partial charge in [-0.2, -0.15) is 0 Å². The molecule has 0 radical (unpaired) electrons. The second kappa shape index (κ2) is 6.13. The Morgan fingerprint density at radius 1 is 1.43 bits per heavy atom. The number of amidine groups is 1. The Labute approximate surface area is 140 Å². The third-order valence-corrected chi connectivity index (χ3v) is 5.72. The number of pyridine rings is 1. The van der Waals surface area contributed by atoms with Gasteiger partial charge in [-0.25, -0.2) is 4.98 Å². The Morgan fingerprint density at radius 2 is 2.35 bits per heavy atom. The Bertz CT molecular complexity index is 768. The third-order valence-electron chi connectivity index (χ3n) is 4.55. The van der Waals surface area contributed by atoms with Gasteiger partial charge in [-0.1, -0.05) is 18.2 Å². The summed E-state index contributed by atoms with van der Waals surface area (Å²) >= 11 is 1.68. The van der Waals surface area contributed by atoms with Gasteiger partial charge in [0.25, 0.3) is 0 Å². The molecular formula is C18H21N3OS. The SMILES string of the molecule is CN=C1Sc2nc3c(C)cccc3cc2CN1CC1CCCO1. The minimum atomic E-state index is 0.338. The number of thioether (sulfide) groups is 1. The molecular weight excluding hydrogens is 306 g/mol. The van der Waals surface area contributed by atoms with Crippen molar-refractivity contribution in [3.63, 3.8) is 0 Å². The van der Waals surface area contributed by atoms with Crippen LogP contribution < -0.4 is 0 Å². The van der Waals surface area contributed by atoms with Crippen molar-refractivity contribution in [2.24, 2.45) is 4.99 Å². The van der Waals surface area contributed by atoms with E-state index in [1.54, 1.807) is 11.8 Å². The lowest BCUT2D eigenvalue weighted by molar-refractivity contribution is 0.0903. The van der Waals surface area contributed by atoms with Crippen molar-refractivity contribution in [1.82, 2.24) is 9.88 Å². The molecule has 2 aliphatic rings. The molecule has 120 valence electrons. The number of nitrogens with zero attached hydrogens (tertiary/aromatic N) is 3. The van der Waals surface area contributed by atoms with Crippen LogP contribution in [0.3, 0.4) is 0 Å². The van der Waals surface area contributed by atoms with Crippen LogP contribution in [0.15, 0.2) is 34.3 Å². The number of aryl methyl sites for hydroxylation is 1. The van der Waals surface area contributed by atoms with Crippen LogP contribution >= 0.6 is 11.8 Å². The molecule has 4 nitrogen and oxygen atoms in total. The highest BCUT2D eigenvalue weighted by atomic mass is 32.2. The molecule has 0 N–H and O–H groups in total. The molecule has 5 heteroatoms. The molecule has 1 aromatic heterocycles. The lowest BCUT2D eigenvalue weighted by atomic mass is 10.1. The molecule has 4 rings (SSSR count). The summed E-state index contributed by atoms with van der Waals surface area (Å²) in [7, 11) is 1.86. The van der Waals surface area contributed by atoms with E-state index in [1.165, 1.54) is 22.9 Å². The number of para-hydroxylation sites is 1. The summed E-state index contributed by atoms with van der Waals surface area (Å²) in [6, 6.07) is 8.65. The van der Waals surface area contributed by atoms with E-state index in [-0.39, 0.29) is 0 Å². The van der Waals surface area contributed by atoms with Gasteiger partial charge in [-0.05, 0) is 43.2 Å². The lowest BCUT2D eigenvalue weighted by Gasteiger charge is -2.32. The number of fused-ring (bicyclic) bond motifs is 2. The zero-order chi connectivity index (χ0) is 15.8. The van der Waals surface area contributed by atoms with E-state index >= 15 is 0 Å². The Morgan fingerprint density at radius 3 is 3.13 bits per heavy atom. The molecule has 2 aromatic rings. The van der Waals surface area contributed by atoms with Crippen molar-refractivity contribution >= 4 is 27.8 Å². The summed E-state index contributed by atoms with van der Waals surface area (Å²) in [5.74, 6) is 0.